The van der Waals surface area contributed by atoms with Crippen LogP contribution in [0, 0.1) is 17.8 Å². The number of ether oxygens (including phenoxy) is 6. The van der Waals surface area contributed by atoms with Crippen molar-refractivity contribution in [2.45, 2.75) is 185 Å². The second kappa shape index (κ2) is 17.6. The van der Waals surface area contributed by atoms with Crippen LogP contribution in [-0.2, 0) is 33.2 Å². The molecule has 14 heteroatoms. The van der Waals surface area contributed by atoms with Crippen LogP contribution in [0.5, 0.6) is 0 Å². The Morgan fingerprint density at radius 2 is 1.59 bits per heavy atom. The van der Waals surface area contributed by atoms with Gasteiger partial charge in [-0.25, -0.2) is 0 Å². The first-order valence-corrected chi connectivity index (χ1v) is 18.8. The molecule has 18 atom stereocenters. The molecule has 0 aromatic rings. The van der Waals surface area contributed by atoms with Crippen LogP contribution >= 0.6 is 0 Å². The van der Waals surface area contributed by atoms with Crippen molar-refractivity contribution in [3.63, 3.8) is 0 Å². The second-order valence-corrected chi connectivity index (χ2v) is 16.5. The number of cyclic esters (lactones) is 1. The van der Waals surface area contributed by atoms with E-state index in [9.17, 15) is 30.3 Å². The monoisotopic (exact) mass is 734 g/mol. The third kappa shape index (κ3) is 10.0. The number of carbonyl (C=O) groups excluding carboxylic acids is 1. The van der Waals surface area contributed by atoms with Crippen LogP contribution in [0.15, 0.2) is 0 Å². The number of nitrogens with one attached hydrogen (secondary N) is 1. The molecule has 0 saturated carbocycles. The molecule has 300 valence electrons. The predicted molar refractivity (Wildman–Crippen MR) is 190 cm³/mol. The van der Waals surface area contributed by atoms with Crippen molar-refractivity contribution in [1.29, 1.82) is 0 Å². The van der Waals surface area contributed by atoms with Gasteiger partial charge in [0.2, 0.25) is 0 Å². The van der Waals surface area contributed by atoms with Crippen molar-refractivity contribution in [3.8, 4) is 0 Å². The molecule has 51 heavy (non-hydrogen) atoms. The zero-order valence-electron chi connectivity index (χ0n) is 33.2. The summed E-state index contributed by atoms with van der Waals surface area (Å²) in [5.41, 5.74) is -4.37. The summed E-state index contributed by atoms with van der Waals surface area (Å²) in [6.45, 7) is 18.0. The molecule has 0 bridgehead atoms. The first kappa shape index (κ1) is 44.4. The number of hydrogen-bond acceptors (Lipinski definition) is 14. The Morgan fingerprint density at radius 3 is 2.16 bits per heavy atom. The van der Waals surface area contributed by atoms with Crippen LogP contribution in [0.1, 0.15) is 94.9 Å². The molecule has 6 N–H and O–H groups in total. The molecule has 3 heterocycles. The normalized spacial score (nSPS) is 50.2. The van der Waals surface area contributed by atoms with Gasteiger partial charge in [-0.15, -0.1) is 0 Å². The Balaban J connectivity index is 2.16. The molecule has 0 aromatic carbocycles. The van der Waals surface area contributed by atoms with E-state index < -0.39 is 96.0 Å². The number of nitrogens with zero attached hydrogens (tertiary/aromatic N) is 1. The number of aliphatic hydroxyl groups is 5. The van der Waals surface area contributed by atoms with Crippen LogP contribution in [0.25, 0.3) is 0 Å². The topological polar surface area (TPSA) is 189 Å². The van der Waals surface area contributed by atoms with Crippen LogP contribution in [-0.4, -0.2) is 154 Å². The van der Waals surface area contributed by atoms with Gasteiger partial charge in [0.25, 0.3) is 0 Å². The van der Waals surface area contributed by atoms with E-state index in [1.54, 1.807) is 48.6 Å². The molecular weight excluding hydrogens is 664 g/mol. The maximum Gasteiger partial charge on any atom is 0.311 e. The zero-order chi connectivity index (χ0) is 38.8. The van der Waals surface area contributed by atoms with E-state index in [-0.39, 0.29) is 37.3 Å². The van der Waals surface area contributed by atoms with Gasteiger partial charge in [-0.2, -0.15) is 0 Å². The number of likely N-dealkylation sites (N-methyl/N-ethyl adjacent to an activating group) is 2. The second-order valence-electron chi connectivity index (χ2n) is 16.5. The van der Waals surface area contributed by atoms with Crippen LogP contribution in [0.4, 0.5) is 0 Å². The summed E-state index contributed by atoms with van der Waals surface area (Å²) in [4.78, 5) is 16.1. The lowest BCUT2D eigenvalue weighted by molar-refractivity contribution is -0.316. The fourth-order valence-electron chi connectivity index (χ4n) is 8.53. The fraction of sp³-hybridized carbons (Fsp3) is 0.973. The Bertz CT molecular complexity index is 1110. The Kier molecular flexibility index (Phi) is 15.3. The van der Waals surface area contributed by atoms with Crippen molar-refractivity contribution in [1.82, 2.24) is 10.2 Å². The lowest BCUT2D eigenvalue weighted by Gasteiger charge is -2.48. The van der Waals surface area contributed by atoms with Crippen LogP contribution in [0.2, 0.25) is 0 Å². The van der Waals surface area contributed by atoms with Gasteiger partial charge in [-0.05, 0) is 87.7 Å². The molecule has 0 radical (unpaired) electrons. The third-order valence-corrected chi connectivity index (χ3v) is 11.9. The minimum atomic E-state index is -1.80. The first-order valence-electron chi connectivity index (χ1n) is 18.8. The molecule has 0 aliphatic carbocycles. The van der Waals surface area contributed by atoms with Gasteiger partial charge >= 0.3 is 5.97 Å². The molecule has 3 saturated heterocycles. The fourth-order valence-corrected chi connectivity index (χ4v) is 8.53. The molecule has 3 fully saturated rings. The van der Waals surface area contributed by atoms with E-state index >= 15 is 0 Å². The largest absolute Gasteiger partial charge is 0.459 e. The Hall–Kier alpha value is -1.01. The number of aliphatic hydroxyl groups excluding tert-OH is 3. The Morgan fingerprint density at radius 1 is 0.961 bits per heavy atom. The predicted octanol–water partition coefficient (Wildman–Crippen LogP) is 1.56. The minimum absolute atomic E-state index is 0.132. The Labute approximate surface area is 305 Å². The van der Waals surface area contributed by atoms with Gasteiger partial charge in [0.15, 0.2) is 12.6 Å². The summed E-state index contributed by atoms with van der Waals surface area (Å²) < 4.78 is 37.3. The van der Waals surface area contributed by atoms with Crippen LogP contribution in [0.3, 0.4) is 0 Å². The molecule has 0 spiro atoms. The highest BCUT2D eigenvalue weighted by molar-refractivity contribution is 5.73. The van der Waals surface area contributed by atoms with Gasteiger partial charge in [0.1, 0.15) is 30.0 Å². The number of methoxy groups -OCH3 is 1. The number of hydrogen-bond donors (Lipinski definition) is 6. The summed E-state index contributed by atoms with van der Waals surface area (Å²) >= 11 is 0. The molecule has 3 rings (SSSR count). The van der Waals surface area contributed by atoms with E-state index in [0.29, 0.717) is 13.0 Å². The lowest BCUT2D eigenvalue weighted by atomic mass is 9.77. The summed E-state index contributed by atoms with van der Waals surface area (Å²) in [7, 11) is 5.10. The van der Waals surface area contributed by atoms with E-state index in [1.807, 2.05) is 32.7 Å². The van der Waals surface area contributed by atoms with E-state index in [1.165, 1.54) is 14.0 Å². The molecular formula is C37H70N2O12. The van der Waals surface area contributed by atoms with Crippen molar-refractivity contribution in [3.05, 3.63) is 0 Å². The van der Waals surface area contributed by atoms with Gasteiger partial charge in [0, 0.05) is 38.1 Å². The van der Waals surface area contributed by atoms with Gasteiger partial charge in [-0.1, -0.05) is 20.8 Å². The molecule has 3 aliphatic rings. The molecule has 0 unspecified atom stereocenters. The smallest absolute Gasteiger partial charge is 0.311 e. The number of carbonyl (C=O) groups is 1. The van der Waals surface area contributed by atoms with Gasteiger partial charge in [0.05, 0.1) is 41.5 Å². The van der Waals surface area contributed by atoms with Crippen molar-refractivity contribution in [2.24, 2.45) is 17.8 Å². The number of rotatable bonds is 7. The van der Waals surface area contributed by atoms with Crippen molar-refractivity contribution < 1.29 is 58.7 Å². The standard InChI is InChI=1S/C37H70N2O12/c1-14-26-37(10,45)30(41)23(6)39(12)18-19(2)16-35(8,44)32(51-34-28(40)25(38-11)15-20(3)47-34)21(4)29(22(5)33(43)49-26)50-27-17-36(9,46-13)31(42)24(7)48-27/h19-32,34,38,40-42,44-45H,14-18H2,1-13H3/t19-,20-,21+,22-,23-,24+,25+,26-,27-,28+,29-,30-,31-,32-,34+,35-,36-,37-/m1/s1. The summed E-state index contributed by atoms with van der Waals surface area (Å²) in [5, 5.41) is 61.0. The van der Waals surface area contributed by atoms with Crippen LogP contribution < -0.4 is 5.32 Å². The molecule has 3 aliphatic heterocycles. The molecule has 0 amide bonds. The van der Waals surface area contributed by atoms with Gasteiger partial charge in [-0.3, -0.25) is 4.79 Å². The molecule has 0 aromatic heterocycles. The number of esters is 1. The summed E-state index contributed by atoms with van der Waals surface area (Å²) in [6, 6.07) is -0.858. The zero-order valence-corrected chi connectivity index (χ0v) is 33.2. The van der Waals surface area contributed by atoms with E-state index in [0.717, 1.165) is 0 Å². The average Bonchev–Trinajstić information content (AvgIpc) is 3.05. The van der Waals surface area contributed by atoms with Gasteiger partial charge < -0.3 is 64.2 Å². The SMILES string of the molecule is CC[C@H]1OC(=O)[C@H](C)[C@H](O[C@@H]2C[C@@](C)(OC)[C@H](O)[C@H](C)O2)[C@H](C)[C@@H](O[C@@H]2O[C@H](C)C[C@H](NC)[C@@H]2O)[C@](C)(O)C[C@@H](C)CN(C)[C@H](C)[C@@H](O)[C@]1(C)O. The van der Waals surface area contributed by atoms with E-state index in [2.05, 4.69) is 5.32 Å². The highest BCUT2D eigenvalue weighted by atomic mass is 16.7. The van der Waals surface area contributed by atoms with Crippen molar-refractivity contribution >= 4 is 5.97 Å². The maximum atomic E-state index is 14.2. The average molecular weight is 735 g/mol. The highest BCUT2D eigenvalue weighted by Gasteiger charge is 2.52. The third-order valence-electron chi connectivity index (χ3n) is 11.9. The maximum absolute atomic E-state index is 14.2. The van der Waals surface area contributed by atoms with E-state index in [4.69, 9.17) is 28.4 Å². The quantitative estimate of drug-likeness (QED) is 0.207. The van der Waals surface area contributed by atoms with Crippen molar-refractivity contribution in [2.75, 3.05) is 27.7 Å². The first-order chi connectivity index (χ1) is 23.5. The highest BCUT2D eigenvalue weighted by Crippen LogP contribution is 2.40. The summed E-state index contributed by atoms with van der Waals surface area (Å²) in [6.07, 6.45) is -8.24. The summed E-state index contributed by atoms with van der Waals surface area (Å²) in [5.74, 6) is -2.59. The lowest BCUT2D eigenvalue weighted by Crippen LogP contribution is -2.60. The molecule has 14 nitrogen and oxygen atoms in total. The minimum Gasteiger partial charge on any atom is -0.459 e.